The molecule has 4 aromatic rings. The van der Waals surface area contributed by atoms with Crippen molar-refractivity contribution in [2.45, 2.75) is 26.8 Å². The molecule has 1 amide bonds. The molecule has 1 N–H and O–H groups in total. The number of amides is 1. The first-order valence-corrected chi connectivity index (χ1v) is 10.2. The molecule has 0 spiro atoms. The Morgan fingerprint density at radius 2 is 2.03 bits per heavy atom. The molecule has 0 aliphatic carbocycles. The van der Waals surface area contributed by atoms with Gasteiger partial charge in [0.25, 0.3) is 5.91 Å². The predicted molar refractivity (Wildman–Crippen MR) is 115 cm³/mol. The van der Waals surface area contributed by atoms with Crippen molar-refractivity contribution in [3.63, 3.8) is 0 Å². The topological polar surface area (TPSA) is 79.7 Å². The van der Waals surface area contributed by atoms with Crippen molar-refractivity contribution in [3.8, 4) is 5.69 Å². The Balaban J connectivity index is 1.53. The highest BCUT2D eigenvalue weighted by Gasteiger charge is 2.33. The summed E-state index contributed by atoms with van der Waals surface area (Å²) in [5, 5.41) is 5.25. The summed E-state index contributed by atoms with van der Waals surface area (Å²) in [6.07, 6.45) is 4.20. The van der Waals surface area contributed by atoms with E-state index in [-0.39, 0.29) is 11.3 Å². The number of nitrogens with one attached hydrogen (secondary N) is 1. The summed E-state index contributed by atoms with van der Waals surface area (Å²) in [5.41, 5.74) is 4.56. The van der Waals surface area contributed by atoms with Crippen LogP contribution < -0.4 is 0 Å². The van der Waals surface area contributed by atoms with Gasteiger partial charge in [-0.1, -0.05) is 37.6 Å². The largest absolute Gasteiger partial charge is 0.343 e. The maximum Gasteiger partial charge on any atom is 0.272 e. The number of aromatic nitrogens is 5. The SMILES string of the molecule is CC1(C)Cc2c(cnn2-c2ccccc2Cl)CN(C(=O)c2ccc3[nH]cnc3n2)C1. The minimum Gasteiger partial charge on any atom is -0.343 e. The van der Waals surface area contributed by atoms with Crippen molar-refractivity contribution in [1.29, 1.82) is 0 Å². The lowest BCUT2D eigenvalue weighted by atomic mass is 9.87. The van der Waals surface area contributed by atoms with Crippen LogP contribution in [0.5, 0.6) is 0 Å². The number of nitrogens with zero attached hydrogens (tertiary/aromatic N) is 5. The summed E-state index contributed by atoms with van der Waals surface area (Å²) in [6, 6.07) is 11.3. The molecule has 4 heterocycles. The summed E-state index contributed by atoms with van der Waals surface area (Å²) in [5.74, 6) is -0.105. The number of para-hydroxylation sites is 1. The third-order valence-corrected chi connectivity index (χ3v) is 5.77. The van der Waals surface area contributed by atoms with Crippen LogP contribution in [0.3, 0.4) is 0 Å². The van der Waals surface area contributed by atoms with Crippen LogP contribution in [0.4, 0.5) is 0 Å². The van der Waals surface area contributed by atoms with Gasteiger partial charge in [-0.25, -0.2) is 14.6 Å². The average molecular weight is 421 g/mol. The van der Waals surface area contributed by atoms with E-state index in [1.54, 1.807) is 12.4 Å². The molecule has 1 aromatic carbocycles. The molecule has 0 saturated carbocycles. The third kappa shape index (κ3) is 3.25. The van der Waals surface area contributed by atoms with Crippen LogP contribution in [-0.4, -0.2) is 42.1 Å². The number of hydrogen-bond donors (Lipinski definition) is 1. The van der Waals surface area contributed by atoms with E-state index in [2.05, 4.69) is 33.9 Å². The molecular formula is C22H21ClN6O. The summed E-state index contributed by atoms with van der Waals surface area (Å²) in [7, 11) is 0. The lowest BCUT2D eigenvalue weighted by Crippen LogP contribution is -2.37. The van der Waals surface area contributed by atoms with E-state index in [0.717, 1.165) is 28.9 Å². The number of rotatable bonds is 2. The number of benzene rings is 1. The van der Waals surface area contributed by atoms with Crippen molar-refractivity contribution in [1.82, 2.24) is 29.6 Å². The molecule has 5 rings (SSSR count). The van der Waals surface area contributed by atoms with Gasteiger partial charge >= 0.3 is 0 Å². The van der Waals surface area contributed by atoms with Gasteiger partial charge in [0.2, 0.25) is 0 Å². The maximum absolute atomic E-state index is 13.3. The molecule has 3 aromatic heterocycles. The van der Waals surface area contributed by atoms with Crippen molar-refractivity contribution in [2.75, 3.05) is 6.54 Å². The van der Waals surface area contributed by atoms with Gasteiger partial charge in [0.1, 0.15) is 5.69 Å². The van der Waals surface area contributed by atoms with E-state index in [1.165, 1.54) is 0 Å². The highest BCUT2D eigenvalue weighted by Crippen LogP contribution is 2.33. The Morgan fingerprint density at radius 3 is 2.87 bits per heavy atom. The number of pyridine rings is 1. The minimum atomic E-state index is -0.142. The average Bonchev–Trinajstić information content (AvgIpc) is 3.30. The highest BCUT2D eigenvalue weighted by atomic mass is 35.5. The molecule has 8 heteroatoms. The first-order valence-electron chi connectivity index (χ1n) is 9.81. The van der Waals surface area contributed by atoms with Gasteiger partial charge in [0.15, 0.2) is 5.65 Å². The van der Waals surface area contributed by atoms with Crippen molar-refractivity contribution in [3.05, 3.63) is 70.9 Å². The van der Waals surface area contributed by atoms with Crippen molar-refractivity contribution < 1.29 is 4.79 Å². The van der Waals surface area contributed by atoms with E-state index in [9.17, 15) is 4.79 Å². The Hall–Kier alpha value is -3.19. The molecule has 0 atom stereocenters. The Morgan fingerprint density at radius 1 is 1.20 bits per heavy atom. The molecule has 0 bridgehead atoms. The maximum atomic E-state index is 13.3. The highest BCUT2D eigenvalue weighted by molar-refractivity contribution is 6.32. The van der Waals surface area contributed by atoms with Crippen LogP contribution >= 0.6 is 11.6 Å². The molecule has 1 aliphatic heterocycles. The van der Waals surface area contributed by atoms with Crippen LogP contribution in [-0.2, 0) is 13.0 Å². The number of H-pyrrole nitrogens is 1. The van der Waals surface area contributed by atoms with Crippen LogP contribution in [0.15, 0.2) is 48.9 Å². The zero-order chi connectivity index (χ0) is 20.9. The van der Waals surface area contributed by atoms with E-state index in [4.69, 9.17) is 11.6 Å². The van der Waals surface area contributed by atoms with Crippen LogP contribution in [0.1, 0.15) is 35.6 Å². The molecule has 30 heavy (non-hydrogen) atoms. The zero-order valence-corrected chi connectivity index (χ0v) is 17.5. The smallest absolute Gasteiger partial charge is 0.272 e. The minimum absolute atomic E-state index is 0.105. The summed E-state index contributed by atoms with van der Waals surface area (Å²) in [4.78, 5) is 26.8. The number of aromatic amines is 1. The second kappa shape index (κ2) is 6.95. The van der Waals surface area contributed by atoms with Crippen LogP contribution in [0.2, 0.25) is 5.02 Å². The van der Waals surface area contributed by atoms with Crippen LogP contribution in [0.25, 0.3) is 16.9 Å². The quantitative estimate of drug-likeness (QED) is 0.531. The second-order valence-corrected chi connectivity index (χ2v) is 8.86. The molecule has 1 aliphatic rings. The van der Waals surface area contributed by atoms with E-state index < -0.39 is 0 Å². The number of carbonyl (C=O) groups excluding carboxylic acids is 1. The Kier molecular flexibility index (Phi) is 4.36. The van der Waals surface area contributed by atoms with Gasteiger partial charge in [0, 0.05) is 24.3 Å². The summed E-state index contributed by atoms with van der Waals surface area (Å²) in [6.45, 7) is 5.42. The molecule has 0 saturated heterocycles. The number of halogens is 1. The molecule has 0 fully saturated rings. The first kappa shape index (κ1) is 18.8. The fourth-order valence-electron chi connectivity index (χ4n) is 4.09. The molecule has 0 unspecified atom stereocenters. The lowest BCUT2D eigenvalue weighted by Gasteiger charge is -2.29. The fourth-order valence-corrected chi connectivity index (χ4v) is 4.31. The second-order valence-electron chi connectivity index (χ2n) is 8.45. The summed E-state index contributed by atoms with van der Waals surface area (Å²) < 4.78 is 1.90. The van der Waals surface area contributed by atoms with E-state index >= 15 is 0 Å². The zero-order valence-electron chi connectivity index (χ0n) is 16.8. The molecule has 0 radical (unpaired) electrons. The number of hydrogen-bond acceptors (Lipinski definition) is 4. The number of imidazole rings is 1. The van der Waals surface area contributed by atoms with Crippen molar-refractivity contribution >= 4 is 28.7 Å². The predicted octanol–water partition coefficient (Wildman–Crippen LogP) is 4.02. The van der Waals surface area contributed by atoms with Gasteiger partial charge in [-0.2, -0.15) is 5.10 Å². The van der Waals surface area contributed by atoms with Gasteiger partial charge in [-0.3, -0.25) is 4.79 Å². The lowest BCUT2D eigenvalue weighted by molar-refractivity contribution is 0.0674. The monoisotopic (exact) mass is 420 g/mol. The van der Waals surface area contributed by atoms with Gasteiger partial charge in [0.05, 0.1) is 28.8 Å². The molecular weight excluding hydrogens is 400 g/mol. The van der Waals surface area contributed by atoms with Gasteiger partial charge in [-0.05, 0) is 36.1 Å². The number of fused-ring (bicyclic) bond motifs is 2. The molecule has 152 valence electrons. The van der Waals surface area contributed by atoms with Gasteiger partial charge < -0.3 is 9.88 Å². The fraction of sp³-hybridized carbons (Fsp3) is 0.273. The van der Waals surface area contributed by atoms with E-state index in [1.807, 2.05) is 46.1 Å². The van der Waals surface area contributed by atoms with Gasteiger partial charge in [-0.15, -0.1) is 0 Å². The van der Waals surface area contributed by atoms with Crippen molar-refractivity contribution in [2.24, 2.45) is 5.41 Å². The molecule has 7 nitrogen and oxygen atoms in total. The summed E-state index contributed by atoms with van der Waals surface area (Å²) >= 11 is 6.43. The number of carbonyl (C=O) groups is 1. The normalized spacial score (nSPS) is 15.8. The Labute approximate surface area is 178 Å². The first-order chi connectivity index (χ1) is 14.4. The Bertz CT molecular complexity index is 1260. The third-order valence-electron chi connectivity index (χ3n) is 5.45. The van der Waals surface area contributed by atoms with E-state index in [0.29, 0.717) is 29.5 Å². The standard InChI is InChI=1S/C22H21ClN6O/c1-22(2)9-19-14(10-26-29(19)18-6-4-3-5-15(18)23)11-28(12-22)21(30)17-8-7-16-20(27-17)25-13-24-16/h3-8,10,13H,9,11-12H2,1-2H3,(H,24,25,27). The van der Waals surface area contributed by atoms with Crippen LogP contribution in [0, 0.1) is 5.41 Å².